The van der Waals surface area contributed by atoms with Crippen LogP contribution < -0.4 is 5.32 Å². The normalized spacial score (nSPS) is 13.7. The van der Waals surface area contributed by atoms with Crippen molar-refractivity contribution < 1.29 is 19.2 Å². The van der Waals surface area contributed by atoms with Crippen molar-refractivity contribution in [2.75, 3.05) is 13.1 Å². The molecule has 186 valence electrons. The molecule has 1 N–H and O–H groups in total. The molecule has 9 heteroatoms. The fourth-order valence-electron chi connectivity index (χ4n) is 3.86. The maximum absolute atomic E-state index is 13.3. The highest BCUT2D eigenvalue weighted by Crippen LogP contribution is 2.27. The number of nitrogens with one attached hydrogen (secondary N) is 1. The van der Waals surface area contributed by atoms with Crippen LogP contribution in [0.1, 0.15) is 59.9 Å². The summed E-state index contributed by atoms with van der Waals surface area (Å²) in [4.78, 5) is 53.8. The Morgan fingerprint density at radius 1 is 0.943 bits per heavy atom. The first-order chi connectivity index (χ1) is 16.6. The average Bonchev–Trinajstić information content (AvgIpc) is 3.07. The van der Waals surface area contributed by atoms with Crippen LogP contribution in [0.15, 0.2) is 42.5 Å². The van der Waals surface area contributed by atoms with Gasteiger partial charge in [0.1, 0.15) is 6.04 Å². The second-order valence-electron chi connectivity index (χ2n) is 8.95. The molecule has 0 radical (unpaired) electrons. The number of hydrogen-bond acceptors (Lipinski definition) is 4. The van der Waals surface area contributed by atoms with Gasteiger partial charge in [-0.3, -0.25) is 24.1 Å². The zero-order chi connectivity index (χ0) is 25.7. The molecule has 1 atom stereocenters. The van der Waals surface area contributed by atoms with E-state index in [9.17, 15) is 19.2 Å². The number of carbonyl (C=O) groups excluding carboxylic acids is 4. The Balaban J connectivity index is 1.71. The summed E-state index contributed by atoms with van der Waals surface area (Å²) in [5, 5.41) is 3.66. The summed E-state index contributed by atoms with van der Waals surface area (Å²) < 4.78 is 0. The first kappa shape index (κ1) is 26.7. The molecule has 1 aliphatic rings. The van der Waals surface area contributed by atoms with Gasteiger partial charge in [-0.1, -0.05) is 55.2 Å². The molecule has 0 saturated heterocycles. The van der Waals surface area contributed by atoms with Crippen LogP contribution in [-0.4, -0.2) is 52.6 Å². The lowest BCUT2D eigenvalue weighted by molar-refractivity contribution is -0.140. The molecule has 0 bridgehead atoms. The van der Waals surface area contributed by atoms with Crippen molar-refractivity contribution in [2.45, 2.75) is 46.2 Å². The van der Waals surface area contributed by atoms with Gasteiger partial charge >= 0.3 is 0 Å². The van der Waals surface area contributed by atoms with E-state index in [2.05, 4.69) is 5.32 Å². The van der Waals surface area contributed by atoms with Crippen LogP contribution >= 0.6 is 23.2 Å². The first-order valence-corrected chi connectivity index (χ1v) is 12.3. The van der Waals surface area contributed by atoms with E-state index in [1.807, 2.05) is 13.8 Å². The number of carbonyl (C=O) groups is 4. The van der Waals surface area contributed by atoms with Crippen LogP contribution in [0.3, 0.4) is 0 Å². The molecule has 0 unspecified atom stereocenters. The topological polar surface area (TPSA) is 86.8 Å². The first-order valence-electron chi connectivity index (χ1n) is 11.6. The van der Waals surface area contributed by atoms with Crippen LogP contribution in [0, 0.1) is 5.92 Å². The van der Waals surface area contributed by atoms with Crippen molar-refractivity contribution >= 4 is 46.8 Å². The molecule has 0 saturated carbocycles. The van der Waals surface area contributed by atoms with Gasteiger partial charge in [-0.25, -0.2) is 0 Å². The quantitative estimate of drug-likeness (QED) is 0.468. The highest BCUT2D eigenvalue weighted by atomic mass is 35.5. The van der Waals surface area contributed by atoms with Crippen LogP contribution in [-0.2, 0) is 16.1 Å². The Kier molecular flexibility index (Phi) is 8.92. The largest absolute Gasteiger partial charge is 0.354 e. The van der Waals surface area contributed by atoms with E-state index in [4.69, 9.17) is 23.2 Å². The predicted octanol–water partition coefficient (Wildman–Crippen LogP) is 4.56. The van der Waals surface area contributed by atoms with Crippen molar-refractivity contribution in [1.29, 1.82) is 0 Å². The molecular formula is C26H29Cl2N3O4. The van der Waals surface area contributed by atoms with Gasteiger partial charge in [0, 0.05) is 41.7 Å². The Labute approximate surface area is 215 Å². The van der Waals surface area contributed by atoms with Crippen molar-refractivity contribution in [2.24, 2.45) is 5.92 Å². The van der Waals surface area contributed by atoms with Crippen LogP contribution in [0.5, 0.6) is 0 Å². The highest BCUT2D eigenvalue weighted by molar-refractivity contribution is 6.36. The van der Waals surface area contributed by atoms with Gasteiger partial charge in [-0.2, -0.15) is 0 Å². The minimum atomic E-state index is -0.770. The minimum Gasteiger partial charge on any atom is -0.354 e. The number of rotatable bonds is 10. The summed E-state index contributed by atoms with van der Waals surface area (Å²) >= 11 is 12.7. The number of amides is 4. The van der Waals surface area contributed by atoms with E-state index in [1.165, 1.54) is 4.90 Å². The lowest BCUT2D eigenvalue weighted by Crippen LogP contribution is -2.48. The van der Waals surface area contributed by atoms with Gasteiger partial charge in [0.25, 0.3) is 11.8 Å². The summed E-state index contributed by atoms with van der Waals surface area (Å²) in [6.45, 7) is 6.26. The standard InChI is InChI=1S/C26H29Cl2N3O4/c1-16(2)14-29-24(33)17(3)31(15-20-21(27)10-6-11-22(20)28)23(32)12-7-13-30-25(34)18-8-4-5-9-19(18)26(30)35/h4-6,8-11,16-17H,7,12-15H2,1-3H3,(H,29,33)/t17-/m0/s1. The SMILES string of the molecule is CC(C)CNC(=O)[C@H](C)N(Cc1c(Cl)cccc1Cl)C(=O)CCCN1C(=O)c2ccccc2C1=O. The summed E-state index contributed by atoms with van der Waals surface area (Å²) in [6.07, 6.45) is 0.300. The number of imide groups is 1. The van der Waals surface area contributed by atoms with Gasteiger partial charge < -0.3 is 10.2 Å². The van der Waals surface area contributed by atoms with Crippen LogP contribution in [0.2, 0.25) is 10.0 Å². The van der Waals surface area contributed by atoms with Gasteiger partial charge in [0.2, 0.25) is 11.8 Å². The van der Waals surface area contributed by atoms with Gasteiger partial charge in [-0.05, 0) is 43.5 Å². The number of nitrogens with zero attached hydrogens (tertiary/aromatic N) is 2. The molecule has 1 heterocycles. The third-order valence-corrected chi connectivity index (χ3v) is 6.60. The fraction of sp³-hybridized carbons (Fsp3) is 0.385. The molecule has 2 aromatic carbocycles. The van der Waals surface area contributed by atoms with E-state index >= 15 is 0 Å². The van der Waals surface area contributed by atoms with Crippen molar-refractivity contribution in [3.05, 3.63) is 69.2 Å². The molecule has 7 nitrogen and oxygen atoms in total. The molecular weight excluding hydrogens is 489 g/mol. The predicted molar refractivity (Wildman–Crippen MR) is 135 cm³/mol. The van der Waals surface area contributed by atoms with E-state index in [0.717, 1.165) is 4.90 Å². The molecule has 1 aliphatic heterocycles. The van der Waals surface area contributed by atoms with Crippen molar-refractivity contribution in [3.8, 4) is 0 Å². The molecule has 0 spiro atoms. The van der Waals surface area contributed by atoms with E-state index in [-0.39, 0.29) is 55.5 Å². The van der Waals surface area contributed by atoms with E-state index in [0.29, 0.717) is 33.3 Å². The lowest BCUT2D eigenvalue weighted by Gasteiger charge is -2.30. The summed E-state index contributed by atoms with van der Waals surface area (Å²) in [5.41, 5.74) is 1.29. The number of halogens is 2. The number of benzene rings is 2. The number of hydrogen-bond donors (Lipinski definition) is 1. The van der Waals surface area contributed by atoms with Crippen molar-refractivity contribution in [1.82, 2.24) is 15.1 Å². The zero-order valence-electron chi connectivity index (χ0n) is 20.0. The summed E-state index contributed by atoms with van der Waals surface area (Å²) in [7, 11) is 0. The second-order valence-corrected chi connectivity index (χ2v) is 9.76. The number of fused-ring (bicyclic) bond motifs is 1. The molecule has 0 aromatic heterocycles. The monoisotopic (exact) mass is 517 g/mol. The Hall–Kier alpha value is -2.90. The smallest absolute Gasteiger partial charge is 0.261 e. The Morgan fingerprint density at radius 3 is 2.06 bits per heavy atom. The van der Waals surface area contributed by atoms with Gasteiger partial charge in [-0.15, -0.1) is 0 Å². The lowest BCUT2D eigenvalue weighted by atomic mass is 10.1. The third-order valence-electron chi connectivity index (χ3n) is 5.89. The maximum Gasteiger partial charge on any atom is 0.261 e. The van der Waals surface area contributed by atoms with Crippen LogP contribution in [0.25, 0.3) is 0 Å². The molecule has 35 heavy (non-hydrogen) atoms. The summed E-state index contributed by atoms with van der Waals surface area (Å²) in [6, 6.07) is 10.9. The minimum absolute atomic E-state index is 0.0390. The molecule has 0 aliphatic carbocycles. The Morgan fingerprint density at radius 2 is 1.51 bits per heavy atom. The van der Waals surface area contributed by atoms with E-state index < -0.39 is 6.04 Å². The molecule has 3 rings (SSSR count). The van der Waals surface area contributed by atoms with Gasteiger partial charge in [0.15, 0.2) is 0 Å². The molecule has 0 fully saturated rings. The van der Waals surface area contributed by atoms with Gasteiger partial charge in [0.05, 0.1) is 11.1 Å². The zero-order valence-corrected chi connectivity index (χ0v) is 21.5. The molecule has 2 aromatic rings. The highest BCUT2D eigenvalue weighted by Gasteiger charge is 2.35. The average molecular weight is 518 g/mol. The van der Waals surface area contributed by atoms with Crippen LogP contribution in [0.4, 0.5) is 0 Å². The van der Waals surface area contributed by atoms with Crippen molar-refractivity contribution in [3.63, 3.8) is 0 Å². The fourth-order valence-corrected chi connectivity index (χ4v) is 4.38. The summed E-state index contributed by atoms with van der Waals surface area (Å²) in [5.74, 6) is -1.05. The molecule has 4 amide bonds. The maximum atomic E-state index is 13.3. The van der Waals surface area contributed by atoms with E-state index in [1.54, 1.807) is 49.4 Å². The third kappa shape index (κ3) is 6.21. The Bertz CT molecular complexity index is 1080. The second kappa shape index (κ2) is 11.7.